The van der Waals surface area contributed by atoms with E-state index >= 15 is 0 Å². The van der Waals surface area contributed by atoms with Gasteiger partial charge < -0.3 is 0 Å². The molecule has 0 amide bonds. The molecule has 1 atom stereocenters. The first-order valence-corrected chi connectivity index (χ1v) is 13.6. The number of nitrogens with zero attached hydrogens (tertiary/aromatic N) is 2. The second-order valence-corrected chi connectivity index (χ2v) is 11.6. The van der Waals surface area contributed by atoms with Crippen LogP contribution in [0.1, 0.15) is 50.1 Å². The normalized spacial score (nSPS) is 19.9. The van der Waals surface area contributed by atoms with Gasteiger partial charge in [-0.3, -0.25) is 5.01 Å². The third-order valence-corrected chi connectivity index (χ3v) is 8.34. The Morgan fingerprint density at radius 1 is 0.969 bits per heavy atom. The lowest BCUT2D eigenvalue weighted by molar-refractivity contribution is 0.384. The number of benzene rings is 2. The van der Waals surface area contributed by atoms with Crippen LogP contribution in [-0.2, 0) is 10.0 Å². The van der Waals surface area contributed by atoms with Gasteiger partial charge in [-0.1, -0.05) is 66.2 Å². The Morgan fingerprint density at radius 3 is 2.34 bits per heavy atom. The maximum Gasteiger partial charge on any atom is 0.212 e. The lowest BCUT2D eigenvalue weighted by atomic mass is 9.91. The van der Waals surface area contributed by atoms with Crippen LogP contribution in [-0.4, -0.2) is 26.4 Å². The summed E-state index contributed by atoms with van der Waals surface area (Å²) in [6.07, 6.45) is 5.99. The van der Waals surface area contributed by atoms with Gasteiger partial charge in [0.05, 0.1) is 34.8 Å². The molecule has 1 heterocycles. The first-order valence-electron chi connectivity index (χ1n) is 10.8. The van der Waals surface area contributed by atoms with Gasteiger partial charge in [-0.15, -0.1) is 0 Å². The molecule has 0 radical (unpaired) electrons. The predicted molar refractivity (Wildman–Crippen MR) is 134 cm³/mol. The molecular formula is C23H26Cl3N3O2S. The second-order valence-electron chi connectivity index (χ2n) is 8.48. The summed E-state index contributed by atoms with van der Waals surface area (Å²) in [6.45, 7) is 0.181. The number of hydrazone groups is 1. The smallest absolute Gasteiger partial charge is 0.212 e. The van der Waals surface area contributed by atoms with Gasteiger partial charge >= 0.3 is 0 Å². The van der Waals surface area contributed by atoms with Crippen LogP contribution in [0.2, 0.25) is 15.1 Å². The van der Waals surface area contributed by atoms with Crippen LogP contribution in [0, 0.1) is 5.92 Å². The Kier molecular flexibility index (Phi) is 7.68. The molecular weight excluding hydrogens is 489 g/mol. The van der Waals surface area contributed by atoms with Crippen molar-refractivity contribution in [3.05, 3.63) is 63.1 Å². The van der Waals surface area contributed by atoms with Crippen molar-refractivity contribution in [2.75, 3.05) is 17.3 Å². The maximum absolute atomic E-state index is 12.7. The number of rotatable bonds is 7. The van der Waals surface area contributed by atoms with Gasteiger partial charge in [-0.25, -0.2) is 13.1 Å². The number of hydrogen-bond acceptors (Lipinski definition) is 4. The second kappa shape index (κ2) is 10.3. The molecule has 0 aromatic heterocycles. The molecule has 1 aliphatic heterocycles. The van der Waals surface area contributed by atoms with E-state index in [0.29, 0.717) is 21.5 Å². The monoisotopic (exact) mass is 513 g/mol. The Morgan fingerprint density at radius 2 is 1.66 bits per heavy atom. The summed E-state index contributed by atoms with van der Waals surface area (Å²) in [7, 11) is -3.36. The van der Waals surface area contributed by atoms with E-state index in [2.05, 4.69) is 4.72 Å². The van der Waals surface area contributed by atoms with Crippen molar-refractivity contribution in [2.24, 2.45) is 11.0 Å². The summed E-state index contributed by atoms with van der Waals surface area (Å²) in [4.78, 5) is 0. The molecule has 1 unspecified atom stereocenters. The minimum absolute atomic E-state index is 0.121. The van der Waals surface area contributed by atoms with Crippen molar-refractivity contribution in [3.63, 3.8) is 0 Å². The maximum atomic E-state index is 12.7. The van der Waals surface area contributed by atoms with Gasteiger partial charge in [-0.2, -0.15) is 5.10 Å². The molecule has 172 valence electrons. The first-order chi connectivity index (χ1) is 15.3. The van der Waals surface area contributed by atoms with E-state index < -0.39 is 10.0 Å². The van der Waals surface area contributed by atoms with Crippen molar-refractivity contribution < 1.29 is 8.42 Å². The van der Waals surface area contributed by atoms with Crippen molar-refractivity contribution >= 4 is 56.2 Å². The van der Waals surface area contributed by atoms with Gasteiger partial charge in [0.2, 0.25) is 10.0 Å². The summed E-state index contributed by atoms with van der Waals surface area (Å²) in [6, 6.07) is 12.7. The van der Waals surface area contributed by atoms with Crippen LogP contribution >= 0.6 is 34.8 Å². The van der Waals surface area contributed by atoms with Crippen molar-refractivity contribution in [1.29, 1.82) is 0 Å². The van der Waals surface area contributed by atoms with Crippen LogP contribution in [0.25, 0.3) is 0 Å². The number of sulfonamides is 1. The van der Waals surface area contributed by atoms with Gasteiger partial charge in [0.15, 0.2) is 0 Å². The lowest BCUT2D eigenvalue weighted by Gasteiger charge is -2.25. The molecule has 1 aliphatic carbocycles. The Hall–Kier alpha value is -1.31. The lowest BCUT2D eigenvalue weighted by Crippen LogP contribution is -2.34. The van der Waals surface area contributed by atoms with Gasteiger partial charge in [0, 0.05) is 16.5 Å². The average Bonchev–Trinajstić information content (AvgIpc) is 3.17. The molecule has 1 N–H and O–H groups in total. The summed E-state index contributed by atoms with van der Waals surface area (Å²) in [5.41, 5.74) is 2.49. The number of hydrogen-bond donors (Lipinski definition) is 1. The Bertz CT molecular complexity index is 1080. The van der Waals surface area contributed by atoms with Gasteiger partial charge in [0.1, 0.15) is 0 Å². The average molecular weight is 515 g/mol. The molecule has 0 bridgehead atoms. The predicted octanol–water partition coefficient (Wildman–Crippen LogP) is 6.45. The zero-order valence-electron chi connectivity index (χ0n) is 17.6. The van der Waals surface area contributed by atoms with Crippen LogP contribution in [0.3, 0.4) is 0 Å². The SMILES string of the molecule is O=S(=O)(CC1CCCCC1)NCC1=NN(c2ccc(Cl)cc2Cl)C(c2ccc(Cl)cc2)C1. The van der Waals surface area contributed by atoms with E-state index in [4.69, 9.17) is 39.9 Å². The Balaban J connectivity index is 1.52. The fourth-order valence-corrected chi connectivity index (χ4v) is 6.51. The van der Waals surface area contributed by atoms with E-state index in [1.165, 1.54) is 6.42 Å². The molecule has 4 rings (SSSR count). The summed E-state index contributed by atoms with van der Waals surface area (Å²) >= 11 is 18.6. The topological polar surface area (TPSA) is 61.8 Å². The largest absolute Gasteiger partial charge is 0.256 e. The number of anilines is 1. The fraction of sp³-hybridized carbons (Fsp3) is 0.435. The highest BCUT2D eigenvalue weighted by Crippen LogP contribution is 2.39. The van der Waals surface area contributed by atoms with E-state index in [1.54, 1.807) is 12.1 Å². The number of nitrogens with one attached hydrogen (secondary N) is 1. The summed E-state index contributed by atoms with van der Waals surface area (Å²) < 4.78 is 28.1. The molecule has 2 aromatic carbocycles. The minimum Gasteiger partial charge on any atom is -0.256 e. The van der Waals surface area contributed by atoms with Crippen LogP contribution in [0.4, 0.5) is 5.69 Å². The third kappa shape index (κ3) is 5.97. The molecule has 2 aliphatic rings. The molecule has 5 nitrogen and oxygen atoms in total. The molecule has 0 saturated heterocycles. The molecule has 2 aromatic rings. The molecule has 32 heavy (non-hydrogen) atoms. The minimum atomic E-state index is -3.36. The van der Waals surface area contributed by atoms with Gasteiger partial charge in [0.25, 0.3) is 0 Å². The standard InChI is InChI=1S/C23H26Cl3N3O2S/c24-18-8-6-17(7-9-18)23-13-20(28-29(23)22-11-10-19(25)12-21(22)26)14-27-32(30,31)15-16-4-2-1-3-5-16/h6-12,16,23,27H,1-5,13-15H2. The molecule has 0 spiro atoms. The zero-order valence-corrected chi connectivity index (χ0v) is 20.7. The van der Waals surface area contributed by atoms with E-state index in [0.717, 1.165) is 42.6 Å². The zero-order chi connectivity index (χ0) is 22.7. The summed E-state index contributed by atoms with van der Waals surface area (Å²) in [5, 5.41) is 8.26. The molecule has 9 heteroatoms. The van der Waals surface area contributed by atoms with Gasteiger partial charge in [-0.05, 0) is 54.7 Å². The van der Waals surface area contributed by atoms with E-state index in [-0.39, 0.29) is 24.3 Å². The van der Waals surface area contributed by atoms with Crippen LogP contribution in [0.15, 0.2) is 47.6 Å². The first kappa shape index (κ1) is 23.8. The fourth-order valence-electron chi connectivity index (χ4n) is 4.43. The van der Waals surface area contributed by atoms with E-state index in [9.17, 15) is 8.42 Å². The highest BCUT2D eigenvalue weighted by Gasteiger charge is 2.31. The van der Waals surface area contributed by atoms with Crippen molar-refractivity contribution in [3.8, 4) is 0 Å². The van der Waals surface area contributed by atoms with E-state index in [1.807, 2.05) is 35.3 Å². The highest BCUT2D eigenvalue weighted by atomic mass is 35.5. The molecule has 1 fully saturated rings. The van der Waals surface area contributed by atoms with Crippen molar-refractivity contribution in [2.45, 2.75) is 44.6 Å². The highest BCUT2D eigenvalue weighted by molar-refractivity contribution is 7.89. The van der Waals surface area contributed by atoms with Crippen molar-refractivity contribution in [1.82, 2.24) is 4.72 Å². The van der Waals surface area contributed by atoms with Crippen LogP contribution < -0.4 is 9.73 Å². The third-order valence-electron chi connectivity index (χ3n) is 6.06. The Labute approximate surface area is 204 Å². The number of halogens is 3. The van der Waals surface area contributed by atoms with Crippen LogP contribution in [0.5, 0.6) is 0 Å². The quantitative estimate of drug-likeness (QED) is 0.461. The molecule has 1 saturated carbocycles. The summed E-state index contributed by atoms with van der Waals surface area (Å²) in [5.74, 6) is 0.436.